The van der Waals surface area contributed by atoms with Gasteiger partial charge in [-0.2, -0.15) is 0 Å². The third-order valence-electron chi connectivity index (χ3n) is 5.82. The van der Waals surface area contributed by atoms with E-state index in [4.69, 9.17) is 11.6 Å². The molecule has 0 saturated carbocycles. The van der Waals surface area contributed by atoms with Gasteiger partial charge in [-0.05, 0) is 72.7 Å². The number of aliphatic hydroxyl groups excluding tert-OH is 1. The van der Waals surface area contributed by atoms with Crippen molar-refractivity contribution in [2.75, 3.05) is 16.0 Å². The first-order chi connectivity index (χ1) is 20.0. The van der Waals surface area contributed by atoms with Gasteiger partial charge in [-0.3, -0.25) is 9.69 Å². The largest absolute Gasteiger partial charge is 0.573 e. The summed E-state index contributed by atoms with van der Waals surface area (Å²) in [5.74, 6) is 0.0713. The molecule has 0 radical (unpaired) electrons. The molecule has 1 amide bonds. The van der Waals surface area contributed by atoms with Crippen LogP contribution < -0.4 is 15.0 Å². The minimum Gasteiger partial charge on any atom is -0.406 e. The maximum absolute atomic E-state index is 12.5. The fourth-order valence-corrected chi connectivity index (χ4v) is 5.00. The van der Waals surface area contributed by atoms with Crippen LogP contribution in [0.3, 0.4) is 0 Å². The summed E-state index contributed by atoms with van der Waals surface area (Å²) in [7, 11) is 0. The highest BCUT2D eigenvalue weighted by Crippen LogP contribution is 2.33. The number of aliphatic imine (C=N–C) groups is 1. The molecule has 4 aromatic rings. The van der Waals surface area contributed by atoms with Crippen molar-refractivity contribution in [3.05, 3.63) is 95.0 Å². The number of nitrogens with zero attached hydrogens (tertiary/aromatic N) is 5. The number of hydrogen-bond donors (Lipinski definition) is 2. The van der Waals surface area contributed by atoms with E-state index in [1.165, 1.54) is 51.9 Å². The van der Waals surface area contributed by atoms with Crippen LogP contribution in [0.25, 0.3) is 17.8 Å². The Bertz CT molecular complexity index is 1640. The smallest absolute Gasteiger partial charge is 0.406 e. The van der Waals surface area contributed by atoms with E-state index >= 15 is 0 Å². The number of carbonyl (C=O) groups excluding carboxylic acids is 1. The van der Waals surface area contributed by atoms with Gasteiger partial charge in [0, 0.05) is 5.69 Å². The Hall–Kier alpha value is -4.33. The SMILES string of the molecule is Cc1ccc(Cl)c(N2C(=O)CSC2=NC(O)Nc2ccc(/C=C/c3ncn(-c4ccc(OC(F)(F)F)cc4)n3)cc2)c1. The van der Waals surface area contributed by atoms with Crippen molar-refractivity contribution in [3.63, 3.8) is 0 Å². The zero-order valence-electron chi connectivity index (χ0n) is 21.8. The van der Waals surface area contributed by atoms with Gasteiger partial charge in [-0.25, -0.2) is 14.7 Å². The van der Waals surface area contributed by atoms with E-state index in [-0.39, 0.29) is 17.4 Å². The molecule has 2 heterocycles. The van der Waals surface area contributed by atoms with E-state index in [0.29, 0.717) is 33.1 Å². The minimum atomic E-state index is -4.76. The Balaban J connectivity index is 1.20. The van der Waals surface area contributed by atoms with Gasteiger partial charge in [0.15, 0.2) is 11.0 Å². The Morgan fingerprint density at radius 1 is 1.12 bits per heavy atom. The maximum atomic E-state index is 12.5. The van der Waals surface area contributed by atoms with E-state index in [9.17, 15) is 23.1 Å². The maximum Gasteiger partial charge on any atom is 0.573 e. The van der Waals surface area contributed by atoms with Crippen LogP contribution in [0, 0.1) is 6.92 Å². The van der Waals surface area contributed by atoms with Crippen LogP contribution >= 0.6 is 23.4 Å². The molecule has 1 fully saturated rings. The molecule has 1 unspecified atom stereocenters. The molecule has 1 aliphatic rings. The molecule has 1 atom stereocenters. The fraction of sp³-hybridized carbons (Fsp3) is 0.143. The Morgan fingerprint density at radius 3 is 2.57 bits per heavy atom. The molecule has 5 rings (SSSR count). The van der Waals surface area contributed by atoms with Gasteiger partial charge < -0.3 is 15.2 Å². The molecule has 14 heteroatoms. The van der Waals surface area contributed by atoms with Gasteiger partial charge in [-0.1, -0.05) is 47.6 Å². The van der Waals surface area contributed by atoms with Crippen LogP contribution in [0.15, 0.2) is 78.0 Å². The first-order valence-corrected chi connectivity index (χ1v) is 13.7. The summed E-state index contributed by atoms with van der Waals surface area (Å²) in [6.45, 7) is 1.89. The standard InChI is InChI=1S/C28H22ClF3N6O3S/c1-17-2-12-22(29)23(14-17)38-25(39)15-42-27(38)35-26(40)34-19-6-3-18(4-7-19)5-13-24-33-16-37(36-24)20-8-10-21(11-9-20)41-28(30,31)32/h2-14,16,26,34,40H,15H2,1H3/b13-5+,35-27?. The summed E-state index contributed by atoms with van der Waals surface area (Å²) < 4.78 is 42.4. The van der Waals surface area contributed by atoms with Gasteiger partial charge in [0.05, 0.1) is 22.2 Å². The number of amides is 1. The Kier molecular flexibility index (Phi) is 8.52. The molecule has 2 N–H and O–H groups in total. The summed E-state index contributed by atoms with van der Waals surface area (Å²) in [4.78, 5) is 22.4. The lowest BCUT2D eigenvalue weighted by Gasteiger charge is -2.19. The lowest BCUT2D eigenvalue weighted by Crippen LogP contribution is -2.31. The summed E-state index contributed by atoms with van der Waals surface area (Å²) in [6.07, 6.45) is -1.16. The number of hydrogen-bond acceptors (Lipinski definition) is 8. The summed E-state index contributed by atoms with van der Waals surface area (Å²) >= 11 is 7.53. The van der Waals surface area contributed by atoms with Gasteiger partial charge in [0.25, 0.3) is 0 Å². The van der Waals surface area contributed by atoms with Crippen LogP contribution in [-0.4, -0.2) is 49.4 Å². The molecule has 3 aromatic carbocycles. The quantitative estimate of drug-likeness (QED) is 0.230. The van der Waals surface area contributed by atoms with Crippen molar-refractivity contribution in [3.8, 4) is 11.4 Å². The monoisotopic (exact) mass is 614 g/mol. The number of halogens is 4. The summed E-state index contributed by atoms with van der Waals surface area (Å²) in [5.41, 5.74) is 3.38. The van der Waals surface area contributed by atoms with E-state index < -0.39 is 12.7 Å². The second-order valence-electron chi connectivity index (χ2n) is 8.95. The predicted octanol–water partition coefficient (Wildman–Crippen LogP) is 6.12. The molecule has 0 bridgehead atoms. The first-order valence-electron chi connectivity index (χ1n) is 12.3. The van der Waals surface area contributed by atoms with Crippen molar-refractivity contribution >= 4 is 58.0 Å². The van der Waals surface area contributed by atoms with Gasteiger partial charge in [0.1, 0.15) is 12.1 Å². The average molecular weight is 615 g/mol. The second kappa shape index (κ2) is 12.3. The number of aliphatic hydroxyl groups is 1. The second-order valence-corrected chi connectivity index (χ2v) is 10.3. The molecule has 1 saturated heterocycles. The molecule has 1 aromatic heterocycles. The molecule has 9 nitrogen and oxygen atoms in total. The van der Waals surface area contributed by atoms with Crippen molar-refractivity contribution in [2.45, 2.75) is 19.6 Å². The Labute approximate surface area is 247 Å². The van der Waals surface area contributed by atoms with Crippen molar-refractivity contribution in [2.24, 2.45) is 4.99 Å². The van der Waals surface area contributed by atoms with Crippen LogP contribution in [0.1, 0.15) is 17.0 Å². The topological polar surface area (TPSA) is 105 Å². The number of aryl methyl sites for hydroxylation is 1. The number of anilines is 2. The highest BCUT2D eigenvalue weighted by atomic mass is 35.5. The number of alkyl halides is 3. The van der Waals surface area contributed by atoms with E-state index in [1.54, 1.807) is 36.4 Å². The number of carbonyl (C=O) groups is 1. The Morgan fingerprint density at radius 2 is 1.86 bits per heavy atom. The average Bonchev–Trinajstić information content (AvgIpc) is 3.56. The van der Waals surface area contributed by atoms with E-state index in [1.807, 2.05) is 25.1 Å². The number of aromatic nitrogens is 3. The predicted molar refractivity (Wildman–Crippen MR) is 157 cm³/mol. The normalized spacial score (nSPS) is 15.5. The lowest BCUT2D eigenvalue weighted by molar-refractivity contribution is -0.274. The molecule has 1 aliphatic heterocycles. The van der Waals surface area contributed by atoms with E-state index in [2.05, 4.69) is 25.1 Å². The number of rotatable bonds is 8. The zero-order valence-corrected chi connectivity index (χ0v) is 23.4. The third-order valence-corrected chi connectivity index (χ3v) is 7.07. The molecular formula is C28H22ClF3N6O3S. The lowest BCUT2D eigenvalue weighted by atomic mass is 10.2. The van der Waals surface area contributed by atoms with Crippen molar-refractivity contribution < 1.29 is 27.8 Å². The molecule has 42 heavy (non-hydrogen) atoms. The van der Waals surface area contributed by atoms with Crippen LogP contribution in [0.2, 0.25) is 5.02 Å². The fourth-order valence-electron chi connectivity index (χ4n) is 3.91. The van der Waals surface area contributed by atoms with Gasteiger partial charge >= 0.3 is 6.36 Å². The first kappa shape index (κ1) is 29.2. The van der Waals surface area contributed by atoms with Gasteiger partial charge in [-0.15, -0.1) is 18.3 Å². The number of benzene rings is 3. The highest BCUT2D eigenvalue weighted by molar-refractivity contribution is 8.15. The molecular weight excluding hydrogens is 593 g/mol. The van der Waals surface area contributed by atoms with Crippen LogP contribution in [0.5, 0.6) is 5.75 Å². The highest BCUT2D eigenvalue weighted by Gasteiger charge is 2.32. The van der Waals surface area contributed by atoms with Crippen molar-refractivity contribution in [1.82, 2.24) is 14.8 Å². The minimum absolute atomic E-state index is 0.178. The number of amidine groups is 1. The zero-order chi connectivity index (χ0) is 29.9. The third kappa shape index (κ3) is 7.29. The van der Waals surface area contributed by atoms with E-state index in [0.717, 1.165) is 11.1 Å². The summed E-state index contributed by atoms with van der Waals surface area (Å²) in [6, 6.07) is 17.7. The number of thioether (sulfide) groups is 1. The molecule has 216 valence electrons. The number of nitrogens with one attached hydrogen (secondary N) is 1. The van der Waals surface area contributed by atoms with Crippen LogP contribution in [-0.2, 0) is 4.79 Å². The number of ether oxygens (including phenoxy) is 1. The van der Waals surface area contributed by atoms with Crippen molar-refractivity contribution in [1.29, 1.82) is 0 Å². The van der Waals surface area contributed by atoms with Gasteiger partial charge in [0.2, 0.25) is 12.3 Å². The van der Waals surface area contributed by atoms with Crippen LogP contribution in [0.4, 0.5) is 24.5 Å². The summed E-state index contributed by atoms with van der Waals surface area (Å²) in [5, 5.41) is 18.5. The molecule has 0 spiro atoms. The molecule has 0 aliphatic carbocycles.